The summed E-state index contributed by atoms with van der Waals surface area (Å²) in [6, 6.07) is 0. The van der Waals surface area contributed by atoms with Gasteiger partial charge in [-0.2, -0.15) is 0 Å². The molecule has 0 aliphatic rings. The van der Waals surface area contributed by atoms with Gasteiger partial charge >= 0.3 is 5.97 Å². The van der Waals surface area contributed by atoms with Crippen LogP contribution in [0, 0.1) is 0 Å². The first-order valence-electron chi connectivity index (χ1n) is 5.67. The largest absolute Gasteiger partial charge is 0.460 e. The average Bonchev–Trinajstić information content (AvgIpc) is 2.24. The topological polar surface area (TPSA) is 46.5 Å². The zero-order valence-electron chi connectivity index (χ0n) is 10.0. The van der Waals surface area contributed by atoms with Crippen molar-refractivity contribution in [2.45, 2.75) is 51.8 Å². The van der Waals surface area contributed by atoms with Crippen molar-refractivity contribution in [3.63, 3.8) is 0 Å². The number of carbonyl (C=O) groups is 1. The molecule has 0 aliphatic heterocycles. The third kappa shape index (κ3) is 6.56. The maximum absolute atomic E-state index is 13.4. The summed E-state index contributed by atoms with van der Waals surface area (Å²) >= 11 is 0. The van der Waals surface area contributed by atoms with E-state index in [2.05, 4.69) is 11.3 Å². The van der Waals surface area contributed by atoms with Gasteiger partial charge < -0.3 is 9.84 Å². The highest BCUT2D eigenvalue weighted by Gasteiger charge is 2.19. The smallest absolute Gasteiger partial charge is 0.336 e. The van der Waals surface area contributed by atoms with Crippen molar-refractivity contribution in [2.24, 2.45) is 0 Å². The SMILES string of the molecule is C=C(C(=O)OCC(C)O)C(F)CCCCC. The molecule has 94 valence electrons. The van der Waals surface area contributed by atoms with Crippen molar-refractivity contribution < 1.29 is 19.0 Å². The molecule has 0 aliphatic carbocycles. The van der Waals surface area contributed by atoms with Gasteiger partial charge in [-0.15, -0.1) is 0 Å². The average molecular weight is 232 g/mol. The van der Waals surface area contributed by atoms with Crippen LogP contribution in [-0.4, -0.2) is 30.0 Å². The van der Waals surface area contributed by atoms with Crippen molar-refractivity contribution in [3.05, 3.63) is 12.2 Å². The Morgan fingerprint density at radius 2 is 2.12 bits per heavy atom. The number of ether oxygens (including phenoxy) is 1. The van der Waals surface area contributed by atoms with Crippen LogP contribution in [0.25, 0.3) is 0 Å². The molecule has 0 bridgehead atoms. The molecule has 0 aromatic rings. The summed E-state index contributed by atoms with van der Waals surface area (Å²) < 4.78 is 18.1. The minimum atomic E-state index is -1.34. The van der Waals surface area contributed by atoms with E-state index in [1.165, 1.54) is 6.92 Å². The molecule has 0 amide bonds. The fraction of sp³-hybridized carbons (Fsp3) is 0.750. The Hall–Kier alpha value is -0.900. The monoisotopic (exact) mass is 232 g/mol. The van der Waals surface area contributed by atoms with Gasteiger partial charge in [-0.3, -0.25) is 0 Å². The number of aliphatic hydroxyl groups excluding tert-OH is 1. The van der Waals surface area contributed by atoms with E-state index in [1.807, 2.05) is 6.92 Å². The van der Waals surface area contributed by atoms with E-state index in [0.29, 0.717) is 6.42 Å². The van der Waals surface area contributed by atoms with Crippen LogP contribution in [-0.2, 0) is 9.53 Å². The molecule has 0 aromatic heterocycles. The van der Waals surface area contributed by atoms with Crippen LogP contribution in [0.4, 0.5) is 4.39 Å². The Labute approximate surface area is 96.3 Å². The van der Waals surface area contributed by atoms with Crippen molar-refractivity contribution in [3.8, 4) is 0 Å². The Morgan fingerprint density at radius 3 is 2.62 bits per heavy atom. The molecule has 0 saturated heterocycles. The van der Waals surface area contributed by atoms with Gasteiger partial charge in [0.25, 0.3) is 0 Å². The summed E-state index contributed by atoms with van der Waals surface area (Å²) in [4.78, 5) is 11.2. The molecule has 0 spiro atoms. The van der Waals surface area contributed by atoms with E-state index in [1.54, 1.807) is 0 Å². The molecule has 0 rings (SSSR count). The van der Waals surface area contributed by atoms with Crippen LogP contribution in [0.15, 0.2) is 12.2 Å². The van der Waals surface area contributed by atoms with E-state index >= 15 is 0 Å². The highest BCUT2D eigenvalue weighted by molar-refractivity contribution is 5.88. The standard InChI is InChI=1S/C12H21FO3/c1-4-5-6-7-11(13)10(3)12(15)16-8-9(2)14/h9,11,14H,3-8H2,1-2H3. The summed E-state index contributed by atoms with van der Waals surface area (Å²) in [5.41, 5.74) is -0.156. The zero-order chi connectivity index (χ0) is 12.6. The molecular weight excluding hydrogens is 211 g/mol. The Bertz CT molecular complexity index is 226. The van der Waals surface area contributed by atoms with Crippen LogP contribution in [0.5, 0.6) is 0 Å². The normalized spacial score (nSPS) is 14.2. The quantitative estimate of drug-likeness (QED) is 0.397. The molecule has 2 atom stereocenters. The minimum Gasteiger partial charge on any atom is -0.460 e. The van der Waals surface area contributed by atoms with Crippen LogP contribution >= 0.6 is 0 Å². The number of carbonyl (C=O) groups excluding carboxylic acids is 1. The molecule has 16 heavy (non-hydrogen) atoms. The third-order valence-corrected chi connectivity index (χ3v) is 2.16. The number of unbranched alkanes of at least 4 members (excludes halogenated alkanes) is 2. The van der Waals surface area contributed by atoms with Crippen molar-refractivity contribution in [1.29, 1.82) is 0 Å². The summed E-state index contributed by atoms with van der Waals surface area (Å²) in [5, 5.41) is 8.89. The fourth-order valence-corrected chi connectivity index (χ4v) is 1.16. The molecule has 2 unspecified atom stereocenters. The second kappa shape index (κ2) is 8.28. The lowest BCUT2D eigenvalue weighted by Crippen LogP contribution is -2.20. The fourth-order valence-electron chi connectivity index (χ4n) is 1.16. The van der Waals surface area contributed by atoms with Crippen molar-refractivity contribution in [1.82, 2.24) is 0 Å². The lowest BCUT2D eigenvalue weighted by Gasteiger charge is -2.11. The zero-order valence-corrected chi connectivity index (χ0v) is 10.0. The first kappa shape index (κ1) is 15.1. The molecule has 0 fully saturated rings. The van der Waals surface area contributed by atoms with Crippen molar-refractivity contribution in [2.75, 3.05) is 6.61 Å². The van der Waals surface area contributed by atoms with Crippen LogP contribution in [0.1, 0.15) is 39.5 Å². The third-order valence-electron chi connectivity index (χ3n) is 2.16. The Balaban J connectivity index is 3.87. The van der Waals surface area contributed by atoms with E-state index in [9.17, 15) is 9.18 Å². The molecule has 4 heteroatoms. The number of esters is 1. The second-order valence-corrected chi connectivity index (χ2v) is 3.94. The maximum atomic E-state index is 13.4. The van der Waals surface area contributed by atoms with E-state index < -0.39 is 18.2 Å². The van der Waals surface area contributed by atoms with Gasteiger partial charge in [0.05, 0.1) is 11.7 Å². The second-order valence-electron chi connectivity index (χ2n) is 3.94. The Kier molecular flexibility index (Phi) is 7.81. The van der Waals surface area contributed by atoms with Gasteiger partial charge in [0.1, 0.15) is 12.8 Å². The lowest BCUT2D eigenvalue weighted by molar-refractivity contribution is -0.142. The maximum Gasteiger partial charge on any atom is 0.336 e. The highest BCUT2D eigenvalue weighted by Crippen LogP contribution is 2.15. The number of hydrogen-bond donors (Lipinski definition) is 1. The predicted molar refractivity (Wildman–Crippen MR) is 60.8 cm³/mol. The number of hydrogen-bond acceptors (Lipinski definition) is 3. The van der Waals surface area contributed by atoms with Gasteiger partial charge in [-0.05, 0) is 13.3 Å². The van der Waals surface area contributed by atoms with Crippen LogP contribution in [0.2, 0.25) is 0 Å². The summed E-state index contributed by atoms with van der Waals surface area (Å²) in [6.07, 6.45) is 0.904. The number of aliphatic hydroxyl groups is 1. The van der Waals surface area contributed by atoms with Gasteiger partial charge in [0.15, 0.2) is 0 Å². The molecule has 1 N–H and O–H groups in total. The minimum absolute atomic E-state index is 0.125. The summed E-state index contributed by atoms with van der Waals surface area (Å²) in [5.74, 6) is -0.759. The first-order chi connectivity index (χ1) is 7.49. The molecule has 3 nitrogen and oxygen atoms in total. The molecule has 0 heterocycles. The Morgan fingerprint density at radius 1 is 1.50 bits per heavy atom. The lowest BCUT2D eigenvalue weighted by atomic mass is 10.1. The van der Waals surface area contributed by atoms with Crippen molar-refractivity contribution >= 4 is 5.97 Å². The number of alkyl halides is 1. The summed E-state index contributed by atoms with van der Waals surface area (Å²) in [7, 11) is 0. The van der Waals surface area contributed by atoms with Crippen LogP contribution in [0.3, 0.4) is 0 Å². The molecule has 0 saturated carbocycles. The highest BCUT2D eigenvalue weighted by atomic mass is 19.1. The predicted octanol–water partition coefficient (Wildman–Crippen LogP) is 2.39. The number of rotatable bonds is 8. The number of halogens is 1. The molecular formula is C12H21FO3. The van der Waals surface area contributed by atoms with E-state index in [0.717, 1.165) is 19.3 Å². The van der Waals surface area contributed by atoms with Gasteiger partial charge in [0.2, 0.25) is 0 Å². The molecule has 0 radical (unpaired) electrons. The van der Waals surface area contributed by atoms with Gasteiger partial charge in [-0.1, -0.05) is 32.8 Å². The van der Waals surface area contributed by atoms with E-state index in [-0.39, 0.29) is 12.2 Å². The molecule has 0 aromatic carbocycles. The van der Waals surface area contributed by atoms with Gasteiger partial charge in [0, 0.05) is 0 Å². The van der Waals surface area contributed by atoms with Crippen LogP contribution < -0.4 is 0 Å². The summed E-state index contributed by atoms with van der Waals surface area (Å²) in [6.45, 7) is 6.77. The first-order valence-corrected chi connectivity index (χ1v) is 5.67. The van der Waals surface area contributed by atoms with E-state index in [4.69, 9.17) is 5.11 Å². The van der Waals surface area contributed by atoms with Gasteiger partial charge in [-0.25, -0.2) is 9.18 Å².